The number of ether oxygens (including phenoxy) is 1. The molecule has 0 bridgehead atoms. The molecular formula is C37H34F2N4O8S. The summed E-state index contributed by atoms with van der Waals surface area (Å²) in [5.41, 5.74) is 2.13. The highest BCUT2D eigenvalue weighted by Gasteiger charge is 2.49. The molecule has 4 aromatic carbocycles. The van der Waals surface area contributed by atoms with Crippen LogP contribution < -0.4 is 25.6 Å². The Balaban J connectivity index is 1.17. The topological polar surface area (TPSA) is 174 Å². The first-order valence-corrected chi connectivity index (χ1v) is 17.0. The lowest BCUT2D eigenvalue weighted by atomic mass is 9.92. The van der Waals surface area contributed by atoms with Crippen LogP contribution in [-0.2, 0) is 24.0 Å². The van der Waals surface area contributed by atoms with Crippen molar-refractivity contribution in [3.63, 3.8) is 0 Å². The largest absolute Gasteiger partial charge is 0.484 e. The van der Waals surface area contributed by atoms with Gasteiger partial charge >= 0.3 is 5.97 Å². The van der Waals surface area contributed by atoms with E-state index in [2.05, 4.69) is 16.0 Å². The van der Waals surface area contributed by atoms with Crippen LogP contribution in [0.3, 0.4) is 0 Å². The molecule has 52 heavy (non-hydrogen) atoms. The van der Waals surface area contributed by atoms with Crippen molar-refractivity contribution >= 4 is 47.0 Å². The number of carboxylic acid groups (broad SMARTS) is 1. The van der Waals surface area contributed by atoms with E-state index in [-0.39, 0.29) is 11.7 Å². The fraction of sp³-hybridized carbons (Fsp3) is 0.216. The molecule has 0 aromatic heterocycles. The number of β-lactam (4-membered cyclic amide) rings is 1. The molecule has 0 saturated carbocycles. The van der Waals surface area contributed by atoms with Gasteiger partial charge in [0.05, 0.1) is 18.7 Å². The number of carboxylic acids is 1. The van der Waals surface area contributed by atoms with Crippen molar-refractivity contribution in [3.05, 3.63) is 131 Å². The molecule has 5 N–H and O–H groups in total. The summed E-state index contributed by atoms with van der Waals surface area (Å²) in [6.45, 7) is -1.57. The fourth-order valence-electron chi connectivity index (χ4n) is 5.38. The molecular weight excluding hydrogens is 698 g/mol. The molecule has 1 heterocycles. The number of aliphatic hydroxyl groups is 1. The maximum absolute atomic E-state index is 13.7. The Bertz CT molecular complexity index is 1880. The van der Waals surface area contributed by atoms with E-state index < -0.39 is 78.5 Å². The maximum Gasteiger partial charge on any atom is 0.322 e. The predicted molar refractivity (Wildman–Crippen MR) is 187 cm³/mol. The average Bonchev–Trinajstić information content (AvgIpc) is 3.14. The van der Waals surface area contributed by atoms with Crippen LogP contribution >= 0.6 is 11.8 Å². The first-order valence-electron chi connectivity index (χ1n) is 16.0. The molecule has 0 aliphatic carbocycles. The molecule has 1 aliphatic heterocycles. The summed E-state index contributed by atoms with van der Waals surface area (Å²) >= 11 is 1.24. The van der Waals surface area contributed by atoms with Crippen LogP contribution in [0.15, 0.2) is 103 Å². The van der Waals surface area contributed by atoms with Crippen molar-refractivity contribution in [2.75, 3.05) is 30.3 Å². The SMILES string of the molecule is O=C(O)CNC(=O)C(NC(=O)CNC(=O)COc1ccc(C2C(SCC(O)c3ccc(F)cc3)C(=O)N2c2ccc(F)cc2)cc1)c1ccccc1. The summed E-state index contributed by atoms with van der Waals surface area (Å²) in [6, 6.07) is 24.1. The number of halogens is 2. The Morgan fingerprint density at radius 1 is 0.788 bits per heavy atom. The van der Waals surface area contributed by atoms with Gasteiger partial charge in [-0.25, -0.2) is 8.78 Å². The minimum absolute atomic E-state index is 0.162. The third-order valence-electron chi connectivity index (χ3n) is 7.99. The van der Waals surface area contributed by atoms with Crippen LogP contribution in [0, 0.1) is 11.6 Å². The number of thioether (sulfide) groups is 1. The summed E-state index contributed by atoms with van der Waals surface area (Å²) in [4.78, 5) is 63.4. The quantitative estimate of drug-likeness (QED) is 0.108. The number of anilines is 1. The first kappa shape index (κ1) is 37.5. The molecule has 4 unspecified atom stereocenters. The normalized spacial score (nSPS) is 16.2. The minimum Gasteiger partial charge on any atom is -0.484 e. The van der Waals surface area contributed by atoms with Gasteiger partial charge < -0.3 is 35.8 Å². The number of carbonyl (C=O) groups excluding carboxylic acids is 4. The number of nitrogens with zero attached hydrogens (tertiary/aromatic N) is 1. The number of hydrogen-bond donors (Lipinski definition) is 5. The second-order valence-electron chi connectivity index (χ2n) is 11.6. The van der Waals surface area contributed by atoms with E-state index in [4.69, 9.17) is 9.84 Å². The van der Waals surface area contributed by atoms with E-state index in [0.717, 1.165) is 0 Å². The van der Waals surface area contributed by atoms with Gasteiger partial charge in [-0.2, -0.15) is 0 Å². The number of hydrogen-bond acceptors (Lipinski definition) is 8. The van der Waals surface area contributed by atoms with Crippen LogP contribution in [-0.4, -0.2) is 70.5 Å². The predicted octanol–water partition coefficient (Wildman–Crippen LogP) is 3.44. The van der Waals surface area contributed by atoms with Gasteiger partial charge in [-0.3, -0.25) is 24.0 Å². The minimum atomic E-state index is -1.25. The Morgan fingerprint density at radius 2 is 1.42 bits per heavy atom. The lowest BCUT2D eigenvalue weighted by molar-refractivity contribution is -0.138. The Labute approximate surface area is 301 Å². The molecule has 4 amide bonds. The molecule has 4 atom stereocenters. The van der Waals surface area contributed by atoms with E-state index in [0.29, 0.717) is 28.1 Å². The highest BCUT2D eigenvalue weighted by atomic mass is 32.2. The number of amides is 4. The zero-order valence-electron chi connectivity index (χ0n) is 27.4. The highest BCUT2D eigenvalue weighted by Crippen LogP contribution is 2.46. The van der Waals surface area contributed by atoms with E-state index in [1.54, 1.807) is 54.6 Å². The summed E-state index contributed by atoms with van der Waals surface area (Å²) in [5.74, 6) is -3.96. The number of nitrogens with one attached hydrogen (secondary N) is 3. The molecule has 1 aliphatic rings. The van der Waals surface area contributed by atoms with Gasteiger partial charge in [0.2, 0.25) is 17.7 Å². The lowest BCUT2D eigenvalue weighted by Crippen LogP contribution is -2.57. The number of carbonyl (C=O) groups is 5. The zero-order valence-corrected chi connectivity index (χ0v) is 28.2. The Hall–Kier alpha value is -5.80. The van der Waals surface area contributed by atoms with Crippen molar-refractivity contribution in [2.24, 2.45) is 0 Å². The van der Waals surface area contributed by atoms with Gasteiger partial charge in [0.25, 0.3) is 5.91 Å². The van der Waals surface area contributed by atoms with E-state index in [1.165, 1.54) is 65.2 Å². The van der Waals surface area contributed by atoms with Crippen LogP contribution in [0.5, 0.6) is 5.75 Å². The molecule has 270 valence electrons. The average molecular weight is 733 g/mol. The van der Waals surface area contributed by atoms with E-state index >= 15 is 0 Å². The molecule has 4 aromatic rings. The van der Waals surface area contributed by atoms with Crippen molar-refractivity contribution < 1.29 is 47.7 Å². The van der Waals surface area contributed by atoms with Crippen molar-refractivity contribution in [1.29, 1.82) is 0 Å². The van der Waals surface area contributed by atoms with Crippen molar-refractivity contribution in [1.82, 2.24) is 16.0 Å². The molecule has 1 saturated heterocycles. The number of benzene rings is 4. The third-order valence-corrected chi connectivity index (χ3v) is 9.32. The molecule has 0 radical (unpaired) electrons. The van der Waals surface area contributed by atoms with Gasteiger partial charge in [-0.15, -0.1) is 11.8 Å². The van der Waals surface area contributed by atoms with Gasteiger partial charge in [-0.05, 0) is 65.2 Å². The van der Waals surface area contributed by atoms with Crippen LogP contribution in [0.2, 0.25) is 0 Å². The van der Waals surface area contributed by atoms with E-state index in [1.807, 2.05) is 0 Å². The van der Waals surface area contributed by atoms with Gasteiger partial charge in [0.1, 0.15) is 35.2 Å². The molecule has 1 fully saturated rings. The standard InChI is InChI=1S/C37H34F2N4O8S/c38-25-10-6-22(7-11-25)29(44)21-52-35-34(43(37(35)50)27-14-12-26(39)13-15-27)24-8-16-28(17-9-24)51-20-31(46)40-18-30(45)42-33(23-4-2-1-3-5-23)36(49)41-19-32(47)48/h1-17,29,33-35,44H,18-21H2,(H,40,46)(H,41,49)(H,42,45)(H,47,48). The van der Waals surface area contributed by atoms with Gasteiger partial charge in [0.15, 0.2) is 6.61 Å². The van der Waals surface area contributed by atoms with Gasteiger partial charge in [-0.1, -0.05) is 54.6 Å². The number of aliphatic hydroxyl groups excluding tert-OH is 1. The Kier molecular flexibility index (Phi) is 12.5. The van der Waals surface area contributed by atoms with Crippen molar-refractivity contribution in [2.45, 2.75) is 23.4 Å². The van der Waals surface area contributed by atoms with Crippen LogP contribution in [0.4, 0.5) is 14.5 Å². The summed E-state index contributed by atoms with van der Waals surface area (Å²) in [6.07, 6.45) is -0.944. The molecule has 12 nitrogen and oxygen atoms in total. The second-order valence-corrected chi connectivity index (χ2v) is 12.8. The zero-order chi connectivity index (χ0) is 37.2. The Morgan fingerprint density at radius 3 is 2.06 bits per heavy atom. The summed E-state index contributed by atoms with van der Waals surface area (Å²) in [5, 5.41) is 26.1. The summed E-state index contributed by atoms with van der Waals surface area (Å²) in [7, 11) is 0. The van der Waals surface area contributed by atoms with Crippen LogP contribution in [0.25, 0.3) is 0 Å². The molecule has 15 heteroatoms. The smallest absolute Gasteiger partial charge is 0.322 e. The monoisotopic (exact) mass is 732 g/mol. The lowest BCUT2D eigenvalue weighted by Gasteiger charge is -2.47. The summed E-state index contributed by atoms with van der Waals surface area (Å²) < 4.78 is 32.6. The fourth-order valence-corrected chi connectivity index (χ4v) is 6.68. The van der Waals surface area contributed by atoms with E-state index in [9.17, 15) is 37.9 Å². The van der Waals surface area contributed by atoms with Gasteiger partial charge in [0, 0.05) is 11.4 Å². The molecule has 0 spiro atoms. The molecule has 5 rings (SSSR count). The van der Waals surface area contributed by atoms with Crippen LogP contribution in [0.1, 0.15) is 34.9 Å². The highest BCUT2D eigenvalue weighted by molar-refractivity contribution is 8.00. The third kappa shape index (κ3) is 9.70. The van der Waals surface area contributed by atoms with Crippen molar-refractivity contribution in [3.8, 4) is 5.75 Å². The first-order chi connectivity index (χ1) is 25.0. The number of aliphatic carboxylic acids is 1. The maximum atomic E-state index is 13.7. The number of rotatable bonds is 16. The second kappa shape index (κ2) is 17.4.